The van der Waals surface area contributed by atoms with Crippen LogP contribution in [0.25, 0.3) is 0 Å². The number of hydrogen-bond acceptors (Lipinski definition) is 5. The van der Waals surface area contributed by atoms with Gasteiger partial charge in [-0.1, -0.05) is 30.3 Å². The monoisotopic (exact) mass is 345 g/mol. The molecule has 6 heteroatoms. The number of ether oxygens (including phenoxy) is 2. The Morgan fingerprint density at radius 3 is 2.54 bits per heavy atom. The van der Waals surface area contributed by atoms with Gasteiger partial charge in [0.15, 0.2) is 6.61 Å². The number of nitrogens with one attached hydrogen (secondary N) is 1. The zero-order chi connectivity index (χ0) is 17.4. The van der Waals surface area contributed by atoms with Crippen LogP contribution < -0.4 is 10.1 Å². The van der Waals surface area contributed by atoms with Gasteiger partial charge in [0.25, 0.3) is 5.91 Å². The van der Waals surface area contributed by atoms with Crippen LogP contribution in [0.2, 0.25) is 0 Å². The molecule has 0 saturated carbocycles. The van der Waals surface area contributed by atoms with E-state index in [2.05, 4.69) is 5.32 Å². The third-order valence-corrected chi connectivity index (χ3v) is 4.33. The third-order valence-electron chi connectivity index (χ3n) is 3.18. The molecule has 24 heavy (non-hydrogen) atoms. The van der Waals surface area contributed by atoms with Crippen LogP contribution in [0.1, 0.15) is 5.56 Å². The topological polar surface area (TPSA) is 64.6 Å². The molecule has 1 N–H and O–H groups in total. The summed E-state index contributed by atoms with van der Waals surface area (Å²) < 4.78 is 10.1. The van der Waals surface area contributed by atoms with Crippen molar-refractivity contribution in [3.05, 3.63) is 54.1 Å². The van der Waals surface area contributed by atoms with Crippen LogP contribution in [0.15, 0.2) is 53.4 Å². The Hall–Kier alpha value is -2.47. The molecule has 0 fully saturated rings. The second-order valence-corrected chi connectivity index (χ2v) is 5.98. The number of amides is 1. The summed E-state index contributed by atoms with van der Waals surface area (Å²) in [5, 5.41) is 2.65. The minimum Gasteiger partial charge on any atom is -0.495 e. The van der Waals surface area contributed by atoms with Crippen LogP contribution in [0.5, 0.6) is 5.75 Å². The van der Waals surface area contributed by atoms with Crippen molar-refractivity contribution in [2.45, 2.75) is 11.8 Å². The number of anilines is 1. The van der Waals surface area contributed by atoms with Crippen molar-refractivity contribution in [1.29, 1.82) is 0 Å². The van der Waals surface area contributed by atoms with Crippen molar-refractivity contribution < 1.29 is 19.1 Å². The molecule has 2 aromatic rings. The van der Waals surface area contributed by atoms with Crippen LogP contribution in [0, 0.1) is 6.92 Å². The first-order valence-electron chi connectivity index (χ1n) is 7.37. The fourth-order valence-electron chi connectivity index (χ4n) is 1.98. The molecule has 0 aliphatic carbocycles. The lowest BCUT2D eigenvalue weighted by atomic mass is 10.2. The fourth-order valence-corrected chi connectivity index (χ4v) is 2.80. The predicted molar refractivity (Wildman–Crippen MR) is 94.5 cm³/mol. The highest BCUT2D eigenvalue weighted by Crippen LogP contribution is 2.23. The number of carbonyl (C=O) groups excluding carboxylic acids is 2. The molecule has 1 amide bonds. The van der Waals surface area contributed by atoms with E-state index in [9.17, 15) is 9.59 Å². The summed E-state index contributed by atoms with van der Waals surface area (Å²) in [6.07, 6.45) is 0. The Labute approximate surface area is 145 Å². The van der Waals surface area contributed by atoms with Crippen LogP contribution in [-0.4, -0.2) is 31.3 Å². The van der Waals surface area contributed by atoms with E-state index in [4.69, 9.17) is 9.47 Å². The molecular formula is C18H19NO4S. The number of thioether (sulfide) groups is 1. The van der Waals surface area contributed by atoms with Gasteiger partial charge < -0.3 is 14.8 Å². The highest BCUT2D eigenvalue weighted by atomic mass is 32.2. The highest BCUT2D eigenvalue weighted by molar-refractivity contribution is 8.00. The van der Waals surface area contributed by atoms with Gasteiger partial charge in [0.2, 0.25) is 0 Å². The van der Waals surface area contributed by atoms with Gasteiger partial charge in [0.05, 0.1) is 18.6 Å². The molecule has 0 saturated heterocycles. The first-order chi connectivity index (χ1) is 11.6. The van der Waals surface area contributed by atoms with Crippen LogP contribution in [-0.2, 0) is 14.3 Å². The number of para-hydroxylation sites is 2. The molecule has 0 unspecified atom stereocenters. The van der Waals surface area contributed by atoms with Gasteiger partial charge in [-0.15, -0.1) is 11.8 Å². The van der Waals surface area contributed by atoms with Crippen LogP contribution >= 0.6 is 11.8 Å². The molecule has 5 nitrogen and oxygen atoms in total. The van der Waals surface area contributed by atoms with Crippen molar-refractivity contribution in [2.24, 2.45) is 0 Å². The minimum absolute atomic E-state index is 0.160. The number of rotatable bonds is 7. The molecular weight excluding hydrogens is 326 g/mol. The van der Waals surface area contributed by atoms with Crippen molar-refractivity contribution in [3.63, 3.8) is 0 Å². The number of esters is 1. The summed E-state index contributed by atoms with van der Waals surface area (Å²) in [6.45, 7) is 1.65. The lowest BCUT2D eigenvalue weighted by Gasteiger charge is -2.10. The number of benzene rings is 2. The predicted octanol–water partition coefficient (Wildman–Crippen LogP) is 3.28. The molecule has 2 rings (SSSR count). The normalized spacial score (nSPS) is 10.1. The van der Waals surface area contributed by atoms with Gasteiger partial charge in [0.1, 0.15) is 5.75 Å². The molecule has 0 aromatic heterocycles. The molecule has 2 aromatic carbocycles. The molecule has 0 aliphatic heterocycles. The summed E-state index contributed by atoms with van der Waals surface area (Å²) in [4.78, 5) is 24.6. The second-order valence-electron chi connectivity index (χ2n) is 4.96. The lowest BCUT2D eigenvalue weighted by molar-refractivity contribution is -0.144. The summed E-state index contributed by atoms with van der Waals surface area (Å²) >= 11 is 1.39. The molecule has 0 spiro atoms. The number of methoxy groups -OCH3 is 1. The summed E-state index contributed by atoms with van der Waals surface area (Å²) in [5.74, 6) is -0.133. The highest BCUT2D eigenvalue weighted by Gasteiger charge is 2.11. The summed E-state index contributed by atoms with van der Waals surface area (Å²) in [6, 6.07) is 14.8. The molecule has 0 bridgehead atoms. The first-order valence-corrected chi connectivity index (χ1v) is 8.35. The van der Waals surface area contributed by atoms with Crippen molar-refractivity contribution in [3.8, 4) is 5.75 Å². The Kier molecular flexibility index (Phi) is 6.69. The molecule has 0 aliphatic rings. The smallest absolute Gasteiger partial charge is 0.316 e. The lowest BCUT2D eigenvalue weighted by Crippen LogP contribution is -2.21. The van der Waals surface area contributed by atoms with Gasteiger partial charge in [-0.2, -0.15) is 0 Å². The number of aryl methyl sites for hydroxylation is 1. The number of hydrogen-bond donors (Lipinski definition) is 1. The Morgan fingerprint density at radius 2 is 1.79 bits per heavy atom. The molecule has 0 atom stereocenters. The van der Waals surface area contributed by atoms with Crippen molar-refractivity contribution in [2.75, 3.05) is 24.8 Å². The molecule has 126 valence electrons. The third kappa shape index (κ3) is 5.31. The maximum atomic E-state index is 11.9. The summed E-state index contributed by atoms with van der Waals surface area (Å²) in [7, 11) is 1.52. The minimum atomic E-state index is -0.432. The molecule has 0 radical (unpaired) electrons. The van der Waals surface area contributed by atoms with Gasteiger partial charge in [-0.25, -0.2) is 0 Å². The van der Waals surface area contributed by atoms with Crippen molar-refractivity contribution >= 4 is 29.3 Å². The van der Waals surface area contributed by atoms with E-state index in [1.54, 1.807) is 24.3 Å². The largest absolute Gasteiger partial charge is 0.495 e. The first kappa shape index (κ1) is 17.9. The zero-order valence-corrected chi connectivity index (χ0v) is 14.4. The Morgan fingerprint density at radius 1 is 1.08 bits per heavy atom. The quantitative estimate of drug-likeness (QED) is 0.616. The van der Waals surface area contributed by atoms with Gasteiger partial charge in [-0.3, -0.25) is 9.59 Å². The Bertz CT molecular complexity index is 718. The number of carbonyl (C=O) groups is 2. The Balaban J connectivity index is 1.77. The van der Waals surface area contributed by atoms with Crippen molar-refractivity contribution in [1.82, 2.24) is 0 Å². The SMILES string of the molecule is COc1ccccc1NC(=O)COC(=O)CSc1ccccc1C. The standard InChI is InChI=1S/C18H19NO4S/c1-13-7-3-6-10-16(13)24-12-18(21)23-11-17(20)19-14-8-4-5-9-15(14)22-2/h3-10H,11-12H2,1-2H3,(H,19,20). The second kappa shape index (κ2) is 8.98. The van der Waals surface area contributed by atoms with Gasteiger partial charge in [-0.05, 0) is 30.7 Å². The average molecular weight is 345 g/mol. The van der Waals surface area contributed by atoms with Gasteiger partial charge in [0, 0.05) is 4.90 Å². The maximum Gasteiger partial charge on any atom is 0.316 e. The molecule has 0 heterocycles. The van der Waals surface area contributed by atoms with E-state index in [1.807, 2.05) is 31.2 Å². The van der Waals surface area contributed by atoms with E-state index in [0.717, 1.165) is 10.5 Å². The van der Waals surface area contributed by atoms with Crippen LogP contribution in [0.4, 0.5) is 5.69 Å². The maximum absolute atomic E-state index is 11.9. The average Bonchev–Trinajstić information content (AvgIpc) is 2.59. The van der Waals surface area contributed by atoms with E-state index < -0.39 is 11.9 Å². The fraction of sp³-hybridized carbons (Fsp3) is 0.222. The van der Waals surface area contributed by atoms with E-state index in [0.29, 0.717) is 11.4 Å². The van der Waals surface area contributed by atoms with E-state index >= 15 is 0 Å². The zero-order valence-electron chi connectivity index (χ0n) is 13.6. The van der Waals surface area contributed by atoms with Gasteiger partial charge >= 0.3 is 5.97 Å². The summed E-state index contributed by atoms with van der Waals surface area (Å²) in [5.41, 5.74) is 1.64. The van der Waals surface area contributed by atoms with Crippen LogP contribution in [0.3, 0.4) is 0 Å². The van der Waals surface area contributed by atoms with E-state index in [-0.39, 0.29) is 12.4 Å². The van der Waals surface area contributed by atoms with E-state index in [1.165, 1.54) is 18.9 Å².